The number of aromatic amines is 1. The third kappa shape index (κ3) is 16.4. The smallest absolute Gasteiger partial charge is 0.0902 e. The Morgan fingerprint density at radius 3 is 1.68 bits per heavy atom. The van der Waals surface area contributed by atoms with Crippen molar-refractivity contribution in [2.24, 2.45) is 0 Å². The SMILES string of the molecule is C1=COCC1.c1cc[nH]c1.c1cc[se]c1.c1ccoc1.c1ccsc1. The van der Waals surface area contributed by atoms with E-state index in [9.17, 15) is 0 Å². The van der Waals surface area contributed by atoms with Crippen LogP contribution in [0.15, 0.2) is 111 Å². The molecule has 25 heavy (non-hydrogen) atoms. The summed E-state index contributed by atoms with van der Waals surface area (Å²) in [7, 11) is 0. The van der Waals surface area contributed by atoms with E-state index in [-0.39, 0.29) is 0 Å². The van der Waals surface area contributed by atoms with Crippen LogP contribution < -0.4 is 0 Å². The van der Waals surface area contributed by atoms with Crippen LogP contribution in [0.25, 0.3) is 0 Å². The Kier molecular flexibility index (Phi) is 15.1. The number of ether oxygens (including phenoxy) is 1. The quantitative estimate of drug-likeness (QED) is 0.370. The van der Waals surface area contributed by atoms with Gasteiger partial charge in [-0.15, -0.1) is 0 Å². The summed E-state index contributed by atoms with van der Waals surface area (Å²) < 4.78 is 9.35. The number of hydrogen-bond acceptors (Lipinski definition) is 3. The second-order valence-corrected chi connectivity index (χ2v) is 6.83. The number of nitrogens with one attached hydrogen (secondary N) is 1. The molecule has 0 amide bonds. The Labute approximate surface area is 159 Å². The van der Waals surface area contributed by atoms with Crippen molar-refractivity contribution in [1.82, 2.24) is 4.98 Å². The Hall–Kier alpha value is -2.20. The molecule has 0 bridgehead atoms. The zero-order valence-corrected chi connectivity index (χ0v) is 16.5. The molecule has 1 N–H and O–H groups in total. The molecular formula is C20H23NO2SSe. The van der Waals surface area contributed by atoms with Crippen molar-refractivity contribution in [1.29, 1.82) is 0 Å². The predicted molar refractivity (Wildman–Crippen MR) is 107 cm³/mol. The van der Waals surface area contributed by atoms with E-state index >= 15 is 0 Å². The van der Waals surface area contributed by atoms with Crippen molar-refractivity contribution in [2.45, 2.75) is 6.42 Å². The first-order valence-corrected chi connectivity index (χ1v) is 10.7. The number of hydrogen-bond donors (Lipinski definition) is 1. The van der Waals surface area contributed by atoms with Gasteiger partial charge in [0.1, 0.15) is 0 Å². The van der Waals surface area contributed by atoms with E-state index in [2.05, 4.69) is 31.4 Å². The van der Waals surface area contributed by atoms with Crippen molar-refractivity contribution < 1.29 is 9.15 Å². The van der Waals surface area contributed by atoms with Gasteiger partial charge in [0.15, 0.2) is 0 Å². The topological polar surface area (TPSA) is 38.2 Å². The Bertz CT molecular complexity index is 465. The molecule has 5 heteroatoms. The Morgan fingerprint density at radius 1 is 0.800 bits per heavy atom. The van der Waals surface area contributed by atoms with Gasteiger partial charge in [0.25, 0.3) is 0 Å². The fourth-order valence-corrected chi connectivity index (χ4v) is 2.70. The van der Waals surface area contributed by atoms with Crippen LogP contribution in [0.5, 0.6) is 0 Å². The zero-order valence-electron chi connectivity index (χ0n) is 13.9. The molecule has 1 aliphatic heterocycles. The first-order valence-electron chi connectivity index (χ1n) is 7.76. The number of furan rings is 1. The van der Waals surface area contributed by atoms with Crippen LogP contribution in [-0.4, -0.2) is 26.1 Å². The average Bonchev–Trinajstić information content (AvgIpc) is 3.55. The van der Waals surface area contributed by atoms with Gasteiger partial charge in [0.2, 0.25) is 0 Å². The standard InChI is InChI=1S/C4H5N.C4H6O.C4H4O.C4H4S.C4H4Se/c5*1-2-4-5-3-1/h1-5H;1,3H,2,4H2;3*1-4H. The summed E-state index contributed by atoms with van der Waals surface area (Å²) in [5.74, 6) is 0. The van der Waals surface area contributed by atoms with E-state index in [4.69, 9.17) is 4.74 Å². The zero-order chi connectivity index (χ0) is 17.7. The van der Waals surface area contributed by atoms with E-state index in [0.717, 1.165) is 13.0 Å². The maximum atomic E-state index is 4.76. The van der Waals surface area contributed by atoms with Crippen LogP contribution in [0, 0.1) is 0 Å². The summed E-state index contributed by atoms with van der Waals surface area (Å²) >= 11 is 2.42. The predicted octanol–water partition coefficient (Wildman–Crippen LogP) is 5.71. The van der Waals surface area contributed by atoms with Crippen molar-refractivity contribution in [2.75, 3.05) is 6.61 Å². The second kappa shape index (κ2) is 18.1. The minimum Gasteiger partial charge on any atom is -0.473 e. The molecular weight excluding hydrogens is 397 g/mol. The van der Waals surface area contributed by atoms with Crippen molar-refractivity contribution in [3.8, 4) is 0 Å². The van der Waals surface area contributed by atoms with Gasteiger partial charge in [-0.1, -0.05) is 12.1 Å². The largest absolute Gasteiger partial charge is 0.473 e. The first kappa shape index (κ1) is 20.8. The molecule has 5 heterocycles. The molecule has 132 valence electrons. The fraction of sp³-hybridized carbons (Fsp3) is 0.100. The van der Waals surface area contributed by atoms with Crippen molar-refractivity contribution >= 4 is 25.8 Å². The van der Waals surface area contributed by atoms with Gasteiger partial charge in [0, 0.05) is 18.8 Å². The molecule has 0 atom stereocenters. The molecule has 3 nitrogen and oxygen atoms in total. The molecule has 1 aliphatic rings. The van der Waals surface area contributed by atoms with E-state index < -0.39 is 0 Å². The fourth-order valence-electron chi connectivity index (χ4n) is 1.30. The van der Waals surface area contributed by atoms with E-state index in [1.165, 1.54) is 0 Å². The summed E-state index contributed by atoms with van der Waals surface area (Å²) in [5, 5.41) is 4.08. The molecule has 4 aromatic heterocycles. The van der Waals surface area contributed by atoms with Gasteiger partial charge in [-0.2, -0.15) is 11.3 Å². The molecule has 5 rings (SSSR count). The summed E-state index contributed by atoms with van der Waals surface area (Å²) in [5.41, 5.74) is 0. The summed E-state index contributed by atoms with van der Waals surface area (Å²) in [6, 6.07) is 15.8. The van der Waals surface area contributed by atoms with Crippen LogP contribution in [0.1, 0.15) is 6.42 Å². The monoisotopic (exact) mass is 421 g/mol. The summed E-state index contributed by atoms with van der Waals surface area (Å²) in [6.07, 6.45) is 11.8. The maximum Gasteiger partial charge on any atom is 0.0902 e. The van der Waals surface area contributed by atoms with Gasteiger partial charge >= 0.3 is 36.5 Å². The van der Waals surface area contributed by atoms with Gasteiger partial charge in [-0.3, -0.25) is 0 Å². The van der Waals surface area contributed by atoms with Crippen LogP contribution >= 0.6 is 11.3 Å². The number of H-pyrrole nitrogens is 1. The number of rotatable bonds is 0. The minimum absolute atomic E-state index is 0.708. The Balaban J connectivity index is 0.000000156. The summed E-state index contributed by atoms with van der Waals surface area (Å²) in [4.78, 5) is 7.24. The van der Waals surface area contributed by atoms with Gasteiger partial charge in [-0.05, 0) is 41.1 Å². The molecule has 0 unspecified atom stereocenters. The molecule has 0 saturated heterocycles. The first-order chi connectivity index (χ1) is 12.5. The van der Waals surface area contributed by atoms with E-state index in [1.54, 1.807) is 30.1 Å². The number of aromatic nitrogens is 1. The third-order valence-corrected chi connectivity index (χ3v) is 4.31. The summed E-state index contributed by atoms with van der Waals surface area (Å²) in [6.45, 7) is 0.889. The molecule has 0 spiro atoms. The van der Waals surface area contributed by atoms with Gasteiger partial charge in [-0.25, -0.2) is 0 Å². The van der Waals surface area contributed by atoms with Crippen molar-refractivity contribution in [3.05, 3.63) is 106 Å². The third-order valence-electron chi connectivity index (χ3n) is 2.37. The maximum absolute atomic E-state index is 4.76. The molecule has 0 saturated carbocycles. The Morgan fingerprint density at radius 2 is 1.48 bits per heavy atom. The van der Waals surface area contributed by atoms with E-state index in [0.29, 0.717) is 14.5 Å². The molecule has 0 radical (unpaired) electrons. The molecule has 0 aliphatic carbocycles. The van der Waals surface area contributed by atoms with Gasteiger partial charge < -0.3 is 14.1 Å². The molecule has 0 aromatic carbocycles. The van der Waals surface area contributed by atoms with E-state index in [1.807, 2.05) is 65.6 Å². The van der Waals surface area contributed by atoms with Crippen LogP contribution in [0.3, 0.4) is 0 Å². The molecule has 4 aromatic rings. The molecule has 0 fully saturated rings. The van der Waals surface area contributed by atoms with Crippen LogP contribution in [0.4, 0.5) is 0 Å². The minimum atomic E-state index is 0.708. The van der Waals surface area contributed by atoms with Crippen LogP contribution in [-0.2, 0) is 4.74 Å². The second-order valence-electron chi connectivity index (χ2n) is 4.30. The van der Waals surface area contributed by atoms with Gasteiger partial charge in [0.05, 0.1) is 25.4 Å². The van der Waals surface area contributed by atoms with Crippen LogP contribution in [0.2, 0.25) is 0 Å². The average molecular weight is 420 g/mol. The van der Waals surface area contributed by atoms with Crippen molar-refractivity contribution in [3.63, 3.8) is 0 Å². The number of thiophene rings is 1. The normalized spacial score (nSPS) is 10.2.